The number of ether oxygens (including phenoxy) is 2. The van der Waals surface area contributed by atoms with E-state index in [0.717, 1.165) is 38.5 Å². The Balaban J connectivity index is 2.81. The summed E-state index contributed by atoms with van der Waals surface area (Å²) in [5.74, 6) is -0.783. The maximum absolute atomic E-state index is 12.4. The molecule has 4 nitrogen and oxygen atoms in total. The second-order valence-corrected chi connectivity index (χ2v) is 5.75. The normalized spacial score (nSPS) is 19.1. The van der Waals surface area contributed by atoms with Gasteiger partial charge < -0.3 is 9.47 Å². The maximum atomic E-state index is 12.4. The van der Waals surface area contributed by atoms with Crippen LogP contribution in [0.5, 0.6) is 0 Å². The topological polar surface area (TPSA) is 52.6 Å². The van der Waals surface area contributed by atoms with E-state index in [-0.39, 0.29) is 5.92 Å². The van der Waals surface area contributed by atoms with Crippen molar-refractivity contribution >= 4 is 11.9 Å². The van der Waals surface area contributed by atoms with Gasteiger partial charge in [0.1, 0.15) is 0 Å². The zero-order chi connectivity index (χ0) is 15.0. The van der Waals surface area contributed by atoms with E-state index in [1.807, 2.05) is 6.92 Å². The Labute approximate surface area is 122 Å². The molecule has 1 rings (SSSR count). The number of carbonyl (C=O) groups is 2. The van der Waals surface area contributed by atoms with Crippen LogP contribution in [0.25, 0.3) is 0 Å². The minimum atomic E-state index is -1.13. The summed E-state index contributed by atoms with van der Waals surface area (Å²) < 4.78 is 10.5. The summed E-state index contributed by atoms with van der Waals surface area (Å²) in [7, 11) is 0. The summed E-state index contributed by atoms with van der Waals surface area (Å²) in [6.45, 7) is 6.19. The zero-order valence-electron chi connectivity index (χ0n) is 13.1. The van der Waals surface area contributed by atoms with Gasteiger partial charge in [-0.2, -0.15) is 0 Å². The Morgan fingerprint density at radius 1 is 1.05 bits per heavy atom. The number of unbranched alkanes of at least 4 members (excludes halogenated alkanes) is 1. The lowest BCUT2D eigenvalue weighted by Crippen LogP contribution is -2.46. The van der Waals surface area contributed by atoms with E-state index in [0.29, 0.717) is 13.2 Å². The fourth-order valence-corrected chi connectivity index (χ4v) is 2.84. The summed E-state index contributed by atoms with van der Waals surface area (Å²) in [6.07, 6.45) is 6.92. The monoisotopic (exact) mass is 284 g/mol. The van der Waals surface area contributed by atoms with Gasteiger partial charge >= 0.3 is 11.9 Å². The Morgan fingerprint density at radius 2 is 1.65 bits per heavy atom. The highest BCUT2D eigenvalue weighted by atomic mass is 16.6. The molecule has 1 unspecified atom stereocenters. The molecule has 0 aromatic carbocycles. The van der Waals surface area contributed by atoms with Crippen LogP contribution in [0.15, 0.2) is 0 Å². The Kier molecular flexibility index (Phi) is 7.03. The first-order chi connectivity index (χ1) is 9.57. The molecule has 0 radical (unpaired) electrons. The van der Waals surface area contributed by atoms with Crippen LogP contribution in [0.4, 0.5) is 0 Å². The smallest absolute Gasteiger partial charge is 0.323 e. The van der Waals surface area contributed by atoms with Crippen molar-refractivity contribution in [3.8, 4) is 0 Å². The van der Waals surface area contributed by atoms with Crippen molar-refractivity contribution in [2.45, 2.75) is 65.7 Å². The summed E-state index contributed by atoms with van der Waals surface area (Å²) >= 11 is 0. The molecule has 1 saturated carbocycles. The van der Waals surface area contributed by atoms with Crippen molar-refractivity contribution < 1.29 is 19.1 Å². The number of rotatable bonds is 7. The maximum Gasteiger partial charge on any atom is 0.323 e. The third kappa shape index (κ3) is 3.97. The lowest BCUT2D eigenvalue weighted by atomic mass is 9.69. The first-order valence-corrected chi connectivity index (χ1v) is 7.91. The standard InChI is InChI=1S/C16H28O4/c1-4-6-12-20-15(18)16(3,14(17)19-5-2)13-10-8-7-9-11-13/h13H,4-12H2,1-3H3. The average molecular weight is 284 g/mol. The van der Waals surface area contributed by atoms with Crippen molar-refractivity contribution in [2.24, 2.45) is 11.3 Å². The van der Waals surface area contributed by atoms with Crippen molar-refractivity contribution in [2.75, 3.05) is 13.2 Å². The van der Waals surface area contributed by atoms with Crippen LogP contribution in [-0.4, -0.2) is 25.2 Å². The fraction of sp³-hybridized carbons (Fsp3) is 0.875. The van der Waals surface area contributed by atoms with E-state index in [2.05, 4.69) is 0 Å². The molecule has 20 heavy (non-hydrogen) atoms. The van der Waals surface area contributed by atoms with Crippen LogP contribution < -0.4 is 0 Å². The highest BCUT2D eigenvalue weighted by Crippen LogP contribution is 2.40. The van der Waals surface area contributed by atoms with Crippen LogP contribution in [0.3, 0.4) is 0 Å². The minimum Gasteiger partial charge on any atom is -0.465 e. The van der Waals surface area contributed by atoms with Gasteiger partial charge in [-0.3, -0.25) is 9.59 Å². The third-order valence-electron chi connectivity index (χ3n) is 4.28. The molecule has 4 heteroatoms. The van der Waals surface area contributed by atoms with Crippen molar-refractivity contribution in [3.05, 3.63) is 0 Å². The van der Waals surface area contributed by atoms with Gasteiger partial charge in [0.15, 0.2) is 5.41 Å². The van der Waals surface area contributed by atoms with Crippen molar-refractivity contribution in [1.82, 2.24) is 0 Å². The predicted molar refractivity (Wildman–Crippen MR) is 77.2 cm³/mol. The highest BCUT2D eigenvalue weighted by Gasteiger charge is 2.50. The quantitative estimate of drug-likeness (QED) is 0.408. The molecule has 116 valence electrons. The predicted octanol–water partition coefficient (Wildman–Crippen LogP) is 3.48. The first-order valence-electron chi connectivity index (χ1n) is 7.91. The number of esters is 2. The van der Waals surface area contributed by atoms with Gasteiger partial charge in [0.2, 0.25) is 0 Å². The van der Waals surface area contributed by atoms with Gasteiger partial charge in [0.25, 0.3) is 0 Å². The van der Waals surface area contributed by atoms with Gasteiger partial charge in [-0.05, 0) is 39.0 Å². The Hall–Kier alpha value is -1.06. The zero-order valence-corrected chi connectivity index (χ0v) is 13.1. The molecule has 0 heterocycles. The molecule has 0 bridgehead atoms. The summed E-state index contributed by atoms with van der Waals surface area (Å²) in [5, 5.41) is 0. The van der Waals surface area contributed by atoms with Crippen LogP contribution in [0, 0.1) is 11.3 Å². The van der Waals surface area contributed by atoms with E-state index in [4.69, 9.17) is 9.47 Å². The fourth-order valence-electron chi connectivity index (χ4n) is 2.84. The highest BCUT2D eigenvalue weighted by molar-refractivity contribution is 6.00. The first kappa shape index (κ1) is 17.0. The SMILES string of the molecule is CCCCOC(=O)C(C)(C(=O)OCC)C1CCCCC1. The minimum absolute atomic E-state index is 0.0458. The van der Waals surface area contributed by atoms with Gasteiger partial charge in [-0.1, -0.05) is 32.6 Å². The Morgan fingerprint density at radius 3 is 2.20 bits per heavy atom. The van der Waals surface area contributed by atoms with Gasteiger partial charge in [-0.15, -0.1) is 0 Å². The number of hydrogen-bond donors (Lipinski definition) is 0. The van der Waals surface area contributed by atoms with E-state index in [9.17, 15) is 9.59 Å². The van der Waals surface area contributed by atoms with E-state index >= 15 is 0 Å². The molecule has 0 amide bonds. The molecule has 1 fully saturated rings. The molecule has 1 atom stereocenters. The summed E-state index contributed by atoms with van der Waals surface area (Å²) in [6, 6.07) is 0. The molecule has 1 aliphatic carbocycles. The average Bonchev–Trinajstić information content (AvgIpc) is 2.47. The van der Waals surface area contributed by atoms with Crippen molar-refractivity contribution in [3.63, 3.8) is 0 Å². The van der Waals surface area contributed by atoms with Crippen LogP contribution in [-0.2, 0) is 19.1 Å². The molecule has 0 spiro atoms. The van der Waals surface area contributed by atoms with Crippen LogP contribution in [0.1, 0.15) is 65.7 Å². The molecule has 0 N–H and O–H groups in total. The van der Waals surface area contributed by atoms with Gasteiger partial charge in [0.05, 0.1) is 13.2 Å². The second kappa shape index (κ2) is 8.28. The number of carbonyl (C=O) groups excluding carboxylic acids is 2. The molecular formula is C16H28O4. The summed E-state index contributed by atoms with van der Waals surface area (Å²) in [5.41, 5.74) is -1.13. The Bertz CT molecular complexity index is 320. The largest absolute Gasteiger partial charge is 0.465 e. The molecule has 0 aromatic heterocycles. The third-order valence-corrected chi connectivity index (χ3v) is 4.28. The van der Waals surface area contributed by atoms with E-state index < -0.39 is 17.4 Å². The van der Waals surface area contributed by atoms with Gasteiger partial charge in [-0.25, -0.2) is 0 Å². The van der Waals surface area contributed by atoms with Crippen molar-refractivity contribution in [1.29, 1.82) is 0 Å². The molecule has 1 aliphatic rings. The number of hydrogen-bond acceptors (Lipinski definition) is 4. The van der Waals surface area contributed by atoms with E-state index in [1.54, 1.807) is 13.8 Å². The summed E-state index contributed by atoms with van der Waals surface area (Å²) in [4.78, 5) is 24.7. The van der Waals surface area contributed by atoms with Gasteiger partial charge in [0, 0.05) is 0 Å². The molecule has 0 saturated heterocycles. The lowest BCUT2D eigenvalue weighted by Gasteiger charge is -2.35. The molecule has 0 aliphatic heterocycles. The van der Waals surface area contributed by atoms with Crippen LogP contribution in [0.2, 0.25) is 0 Å². The van der Waals surface area contributed by atoms with E-state index in [1.165, 1.54) is 6.42 Å². The second-order valence-electron chi connectivity index (χ2n) is 5.75. The molecule has 0 aromatic rings. The lowest BCUT2D eigenvalue weighted by molar-refractivity contribution is -0.176. The molecular weight excluding hydrogens is 256 g/mol. The van der Waals surface area contributed by atoms with Crippen LogP contribution >= 0.6 is 0 Å².